The Kier molecular flexibility index (Phi) is 5.96. The van der Waals surface area contributed by atoms with Gasteiger partial charge in [0, 0.05) is 32.3 Å². The molecule has 1 aromatic rings. The van der Waals surface area contributed by atoms with Crippen molar-refractivity contribution in [1.29, 1.82) is 0 Å². The van der Waals surface area contributed by atoms with Crippen molar-refractivity contribution in [3.8, 4) is 0 Å². The molecule has 1 aromatic carbocycles. The van der Waals surface area contributed by atoms with Crippen molar-refractivity contribution in [3.63, 3.8) is 0 Å². The first-order valence-electron chi connectivity index (χ1n) is 9.04. The predicted octanol–water partition coefficient (Wildman–Crippen LogP) is 0.941. The van der Waals surface area contributed by atoms with E-state index in [1.807, 2.05) is 6.92 Å². The molecule has 2 aliphatic heterocycles. The summed E-state index contributed by atoms with van der Waals surface area (Å²) in [5, 5.41) is 9.35. The van der Waals surface area contributed by atoms with Crippen LogP contribution >= 0.6 is 0 Å². The average molecular weight is 382 g/mol. The largest absolute Gasteiger partial charge is 0.396 e. The molecule has 3 rings (SSSR count). The van der Waals surface area contributed by atoms with Gasteiger partial charge in [-0.25, -0.2) is 8.42 Å². The summed E-state index contributed by atoms with van der Waals surface area (Å²) >= 11 is 0. The van der Waals surface area contributed by atoms with Crippen LogP contribution < -0.4 is 0 Å². The van der Waals surface area contributed by atoms with E-state index in [-0.39, 0.29) is 34.9 Å². The number of morpholine rings is 1. The number of sulfonamides is 1. The molecule has 0 aromatic heterocycles. The molecule has 1 N–H and O–H groups in total. The van der Waals surface area contributed by atoms with E-state index in [1.54, 1.807) is 23.1 Å². The zero-order valence-corrected chi connectivity index (χ0v) is 15.8. The van der Waals surface area contributed by atoms with Gasteiger partial charge in [0.15, 0.2) is 0 Å². The second-order valence-electron chi connectivity index (χ2n) is 6.94. The van der Waals surface area contributed by atoms with Crippen molar-refractivity contribution >= 4 is 15.9 Å². The zero-order chi connectivity index (χ0) is 18.7. The molecule has 0 bridgehead atoms. The number of piperidine rings is 1. The minimum Gasteiger partial charge on any atom is -0.396 e. The lowest BCUT2D eigenvalue weighted by molar-refractivity contribution is 0.0300. The molecule has 8 heteroatoms. The molecule has 144 valence electrons. The van der Waals surface area contributed by atoms with Gasteiger partial charge in [-0.3, -0.25) is 4.79 Å². The maximum Gasteiger partial charge on any atom is 0.255 e. The molecule has 0 saturated carbocycles. The third-order valence-corrected chi connectivity index (χ3v) is 7.26. The monoisotopic (exact) mass is 382 g/mol. The summed E-state index contributed by atoms with van der Waals surface area (Å²) in [7, 11) is -3.78. The van der Waals surface area contributed by atoms with Gasteiger partial charge in [-0.1, -0.05) is 12.1 Å². The van der Waals surface area contributed by atoms with Gasteiger partial charge in [-0.2, -0.15) is 4.31 Å². The summed E-state index contributed by atoms with van der Waals surface area (Å²) in [4.78, 5) is 14.6. The van der Waals surface area contributed by atoms with Gasteiger partial charge in [0.2, 0.25) is 10.0 Å². The maximum atomic E-state index is 13.3. The van der Waals surface area contributed by atoms with E-state index in [0.29, 0.717) is 45.7 Å². The number of aliphatic hydroxyl groups excluding tert-OH is 1. The highest BCUT2D eigenvalue weighted by molar-refractivity contribution is 7.89. The Balaban J connectivity index is 1.90. The van der Waals surface area contributed by atoms with Gasteiger partial charge < -0.3 is 14.7 Å². The lowest BCUT2D eigenvalue weighted by Gasteiger charge is -2.36. The van der Waals surface area contributed by atoms with E-state index in [9.17, 15) is 18.3 Å². The third-order valence-electron chi connectivity index (χ3n) is 5.18. The number of rotatable bonds is 4. The van der Waals surface area contributed by atoms with E-state index in [1.165, 1.54) is 10.4 Å². The van der Waals surface area contributed by atoms with Crippen LogP contribution in [0.3, 0.4) is 0 Å². The minimum absolute atomic E-state index is 0.0609. The number of hydrogen-bond acceptors (Lipinski definition) is 5. The van der Waals surface area contributed by atoms with Crippen molar-refractivity contribution in [1.82, 2.24) is 9.21 Å². The Morgan fingerprint density at radius 2 is 1.92 bits per heavy atom. The van der Waals surface area contributed by atoms with Crippen molar-refractivity contribution in [2.75, 3.05) is 39.5 Å². The zero-order valence-electron chi connectivity index (χ0n) is 15.0. The van der Waals surface area contributed by atoms with E-state index in [4.69, 9.17) is 4.74 Å². The Bertz CT molecular complexity index is 746. The van der Waals surface area contributed by atoms with E-state index >= 15 is 0 Å². The summed E-state index contributed by atoms with van der Waals surface area (Å²) < 4.78 is 33.3. The van der Waals surface area contributed by atoms with Crippen molar-refractivity contribution in [3.05, 3.63) is 29.8 Å². The molecule has 2 atom stereocenters. The first-order valence-corrected chi connectivity index (χ1v) is 10.5. The minimum atomic E-state index is -3.78. The van der Waals surface area contributed by atoms with Crippen molar-refractivity contribution in [2.45, 2.75) is 30.7 Å². The summed E-state index contributed by atoms with van der Waals surface area (Å²) in [6.07, 6.45) is 1.24. The van der Waals surface area contributed by atoms with Gasteiger partial charge in [0.05, 0.1) is 23.7 Å². The Hall–Kier alpha value is -1.48. The highest BCUT2D eigenvalue weighted by Crippen LogP contribution is 2.30. The Morgan fingerprint density at radius 1 is 1.23 bits per heavy atom. The van der Waals surface area contributed by atoms with E-state index < -0.39 is 10.0 Å². The Morgan fingerprint density at radius 3 is 2.58 bits per heavy atom. The average Bonchev–Trinajstić information content (AvgIpc) is 2.67. The first-order chi connectivity index (χ1) is 12.4. The van der Waals surface area contributed by atoms with Crippen LogP contribution in [0, 0.1) is 5.92 Å². The maximum absolute atomic E-state index is 13.3. The first kappa shape index (κ1) is 19.3. The fourth-order valence-electron chi connectivity index (χ4n) is 3.70. The van der Waals surface area contributed by atoms with Crippen LogP contribution in [-0.4, -0.2) is 74.1 Å². The molecule has 0 aliphatic carbocycles. The van der Waals surface area contributed by atoms with Gasteiger partial charge in [-0.05, 0) is 37.8 Å². The number of ether oxygens (including phenoxy) is 1. The fraction of sp³-hybridized carbons (Fsp3) is 0.611. The molecule has 2 saturated heterocycles. The number of benzene rings is 1. The number of carbonyl (C=O) groups is 1. The topological polar surface area (TPSA) is 87.2 Å². The molecule has 2 fully saturated rings. The SMILES string of the molecule is C[C@H]1C[C@@H](CO)CCN1S(=O)(=O)c1ccccc1C(=O)N1CCOCC1. The van der Waals surface area contributed by atoms with Gasteiger partial charge >= 0.3 is 0 Å². The van der Waals surface area contributed by atoms with Crippen LogP contribution in [0.5, 0.6) is 0 Å². The van der Waals surface area contributed by atoms with Gasteiger partial charge in [0.1, 0.15) is 0 Å². The highest BCUT2D eigenvalue weighted by Gasteiger charge is 2.36. The lowest BCUT2D eigenvalue weighted by atomic mass is 9.94. The molecule has 2 aliphatic rings. The van der Waals surface area contributed by atoms with Crippen molar-refractivity contribution in [2.24, 2.45) is 5.92 Å². The summed E-state index contributed by atoms with van der Waals surface area (Å²) in [6.45, 7) is 4.14. The van der Waals surface area contributed by atoms with Crippen molar-refractivity contribution < 1.29 is 23.1 Å². The fourth-order valence-corrected chi connectivity index (χ4v) is 5.54. The molecular formula is C18H26N2O5S. The summed E-state index contributed by atoms with van der Waals surface area (Å²) in [5.74, 6) is -0.146. The number of carbonyl (C=O) groups excluding carboxylic acids is 1. The number of aliphatic hydroxyl groups is 1. The molecule has 0 spiro atoms. The Labute approximate surface area is 154 Å². The molecule has 26 heavy (non-hydrogen) atoms. The lowest BCUT2D eigenvalue weighted by Crippen LogP contribution is -2.46. The molecule has 0 radical (unpaired) electrons. The van der Waals surface area contributed by atoms with Crippen LogP contribution in [-0.2, 0) is 14.8 Å². The smallest absolute Gasteiger partial charge is 0.255 e. The molecule has 2 heterocycles. The number of nitrogens with zero attached hydrogens (tertiary/aromatic N) is 2. The highest BCUT2D eigenvalue weighted by atomic mass is 32.2. The number of hydrogen-bond donors (Lipinski definition) is 1. The van der Waals surface area contributed by atoms with Crippen LogP contribution in [0.25, 0.3) is 0 Å². The van der Waals surface area contributed by atoms with Crippen LogP contribution in [0.4, 0.5) is 0 Å². The second-order valence-corrected chi connectivity index (χ2v) is 8.80. The van der Waals surface area contributed by atoms with Crippen LogP contribution in [0.2, 0.25) is 0 Å². The molecule has 1 amide bonds. The second kappa shape index (κ2) is 8.04. The summed E-state index contributed by atoms with van der Waals surface area (Å²) in [5.41, 5.74) is 0.214. The van der Waals surface area contributed by atoms with E-state index in [0.717, 1.165) is 0 Å². The van der Waals surface area contributed by atoms with Gasteiger partial charge in [-0.15, -0.1) is 0 Å². The van der Waals surface area contributed by atoms with Crippen LogP contribution in [0.15, 0.2) is 29.2 Å². The number of amides is 1. The normalized spacial score (nSPS) is 25.2. The predicted molar refractivity (Wildman–Crippen MR) is 96.3 cm³/mol. The molecule has 7 nitrogen and oxygen atoms in total. The van der Waals surface area contributed by atoms with E-state index in [2.05, 4.69) is 0 Å². The quantitative estimate of drug-likeness (QED) is 0.837. The standard InChI is InChI=1S/C18H26N2O5S/c1-14-12-15(13-21)6-7-20(14)26(23,24)17-5-3-2-4-16(17)18(22)19-8-10-25-11-9-19/h2-5,14-15,21H,6-13H2,1H3/t14-,15-/m0/s1. The summed E-state index contributed by atoms with van der Waals surface area (Å²) in [6, 6.07) is 6.21. The molecular weight excluding hydrogens is 356 g/mol. The van der Waals surface area contributed by atoms with Crippen LogP contribution in [0.1, 0.15) is 30.1 Å². The molecule has 0 unspecified atom stereocenters. The third kappa shape index (κ3) is 3.78. The van der Waals surface area contributed by atoms with Gasteiger partial charge in [0.25, 0.3) is 5.91 Å².